The Morgan fingerprint density at radius 3 is 1.43 bits per heavy atom. The minimum atomic E-state index is -6.34. The first-order valence-corrected chi connectivity index (χ1v) is 3.06. The highest BCUT2D eigenvalue weighted by Crippen LogP contribution is 2.41. The van der Waals surface area contributed by atoms with Gasteiger partial charge in [0.2, 0.25) is 12.5 Å². The summed E-state index contributed by atoms with van der Waals surface area (Å²) >= 11 is 0. The number of aliphatic hydroxyl groups is 1. The average Bonchev–Trinajstić information content (AvgIpc) is 1.99. The second-order valence-electron chi connectivity index (χ2n) is 2.34. The Bertz CT molecular complexity index is 187. The summed E-state index contributed by atoms with van der Waals surface area (Å²) in [5, 5.41) is 7.64. The van der Waals surface area contributed by atoms with Crippen LogP contribution in [-0.2, 0) is 0 Å². The van der Waals surface area contributed by atoms with Crippen LogP contribution >= 0.6 is 0 Å². The van der Waals surface area contributed by atoms with Crippen LogP contribution in [0.4, 0.5) is 35.1 Å². The molecule has 0 saturated carbocycles. The Balaban J connectivity index is 4.75. The van der Waals surface area contributed by atoms with Gasteiger partial charge in [0.15, 0.2) is 6.17 Å². The summed E-state index contributed by atoms with van der Waals surface area (Å²) in [5.41, 5.74) is 0. The van der Waals surface area contributed by atoms with E-state index in [1.54, 1.807) is 0 Å². The van der Waals surface area contributed by atoms with Gasteiger partial charge in [0, 0.05) is 0 Å². The normalized spacial score (nSPS) is 20.4. The largest absolute Gasteiger partial charge is 0.456 e. The van der Waals surface area contributed by atoms with E-state index in [0.29, 0.717) is 0 Å². The average molecular weight is 232 g/mol. The molecule has 3 atom stereocenters. The third-order valence-corrected chi connectivity index (χ3v) is 1.27. The lowest BCUT2D eigenvalue weighted by molar-refractivity contribution is -0.314. The van der Waals surface area contributed by atoms with Crippen molar-refractivity contribution < 1.29 is 40.2 Å². The van der Waals surface area contributed by atoms with Crippen LogP contribution in [-0.4, -0.2) is 35.9 Å². The van der Waals surface area contributed by atoms with Crippen LogP contribution in [0.15, 0.2) is 0 Å². The van der Waals surface area contributed by atoms with E-state index in [1.807, 2.05) is 0 Å². The molecule has 0 radical (unpaired) electrons. The van der Waals surface area contributed by atoms with Gasteiger partial charge in [0.25, 0.3) is 0 Å². The Labute approximate surface area is 72.3 Å². The summed E-state index contributed by atoms with van der Waals surface area (Å²) in [5.74, 6) is -6.04. The molecule has 0 aliphatic heterocycles. The molecule has 1 nitrogen and oxygen atoms in total. The van der Waals surface area contributed by atoms with E-state index in [1.165, 1.54) is 0 Å². The lowest BCUT2D eigenvalue weighted by Gasteiger charge is -2.25. The second kappa shape index (κ2) is 3.87. The van der Waals surface area contributed by atoms with Crippen molar-refractivity contribution in [1.29, 1.82) is 0 Å². The molecule has 14 heavy (non-hydrogen) atoms. The van der Waals surface area contributed by atoms with Crippen LogP contribution in [0.3, 0.4) is 0 Å². The van der Waals surface area contributed by atoms with E-state index in [-0.39, 0.29) is 0 Å². The molecule has 86 valence electrons. The zero-order valence-corrected chi connectivity index (χ0v) is 6.20. The fraction of sp³-hybridized carbons (Fsp3) is 1.00. The van der Waals surface area contributed by atoms with Crippen molar-refractivity contribution in [3.05, 3.63) is 0 Å². The van der Waals surface area contributed by atoms with Crippen LogP contribution in [0, 0.1) is 0 Å². The molecule has 0 aromatic carbocycles. The molecule has 0 amide bonds. The maximum Gasteiger partial charge on any atom is 0.456 e. The Hall–Kier alpha value is -0.600. The van der Waals surface area contributed by atoms with Gasteiger partial charge in [-0.3, -0.25) is 0 Å². The zero-order chi connectivity index (χ0) is 11.7. The molecule has 0 saturated heterocycles. The Kier molecular flexibility index (Phi) is 3.71. The number of halogens is 8. The van der Waals surface area contributed by atoms with Crippen molar-refractivity contribution in [2.24, 2.45) is 0 Å². The van der Waals surface area contributed by atoms with Gasteiger partial charge in [-0.2, -0.15) is 22.0 Å². The smallest absolute Gasteiger partial charge is 0.362 e. The van der Waals surface area contributed by atoms with E-state index < -0.39 is 30.8 Å². The number of hydrogen-bond acceptors (Lipinski definition) is 1. The molecule has 0 spiro atoms. The molecule has 0 fully saturated rings. The summed E-state index contributed by atoms with van der Waals surface area (Å²) in [7, 11) is 0. The third-order valence-electron chi connectivity index (χ3n) is 1.27. The van der Waals surface area contributed by atoms with Gasteiger partial charge in [0.1, 0.15) is 0 Å². The first kappa shape index (κ1) is 13.4. The Morgan fingerprint density at radius 1 is 0.857 bits per heavy atom. The SMILES string of the molecule is OC(F)C(F)C(F)C(F)(F)C(F)(F)F. The highest BCUT2D eigenvalue weighted by atomic mass is 19.4. The highest BCUT2D eigenvalue weighted by molar-refractivity contribution is 4.89. The van der Waals surface area contributed by atoms with Crippen LogP contribution in [0.2, 0.25) is 0 Å². The van der Waals surface area contributed by atoms with Gasteiger partial charge in [-0.1, -0.05) is 0 Å². The molecule has 0 aliphatic carbocycles. The molecule has 3 unspecified atom stereocenters. The maximum absolute atomic E-state index is 12.1. The minimum absolute atomic E-state index is 3.74. The van der Waals surface area contributed by atoms with Crippen molar-refractivity contribution in [3.8, 4) is 0 Å². The molecule has 0 rings (SSSR count). The zero-order valence-electron chi connectivity index (χ0n) is 6.20. The summed E-state index contributed by atoms with van der Waals surface area (Å²) in [6.07, 6.45) is -18.5. The van der Waals surface area contributed by atoms with Crippen LogP contribution in [0.1, 0.15) is 0 Å². The number of aliphatic hydroxyl groups excluding tert-OH is 1. The quantitative estimate of drug-likeness (QED) is 0.739. The molecule has 0 aromatic heterocycles. The summed E-state index contributed by atoms with van der Waals surface area (Å²) in [4.78, 5) is 0. The highest BCUT2D eigenvalue weighted by Gasteiger charge is 2.66. The lowest BCUT2D eigenvalue weighted by Crippen LogP contribution is -2.51. The molecule has 1 N–H and O–H groups in total. The van der Waals surface area contributed by atoms with E-state index in [9.17, 15) is 35.1 Å². The van der Waals surface area contributed by atoms with Crippen LogP contribution in [0.5, 0.6) is 0 Å². The van der Waals surface area contributed by atoms with Gasteiger partial charge in [0.05, 0.1) is 0 Å². The van der Waals surface area contributed by atoms with Crippen molar-refractivity contribution in [1.82, 2.24) is 0 Å². The van der Waals surface area contributed by atoms with Gasteiger partial charge in [-0.15, -0.1) is 0 Å². The number of hydrogen-bond donors (Lipinski definition) is 1. The lowest BCUT2D eigenvalue weighted by atomic mass is 10.1. The molecule has 0 bridgehead atoms. The molecule has 0 aromatic rings. The number of alkyl halides is 8. The summed E-state index contributed by atoms with van der Waals surface area (Å²) in [6, 6.07) is 0. The minimum Gasteiger partial charge on any atom is -0.362 e. The fourth-order valence-electron chi connectivity index (χ4n) is 0.496. The molecular weight excluding hydrogens is 228 g/mol. The van der Waals surface area contributed by atoms with Crippen LogP contribution < -0.4 is 0 Å². The van der Waals surface area contributed by atoms with Crippen molar-refractivity contribution >= 4 is 0 Å². The van der Waals surface area contributed by atoms with Crippen molar-refractivity contribution in [3.63, 3.8) is 0 Å². The van der Waals surface area contributed by atoms with E-state index >= 15 is 0 Å². The molecular formula is C5H4F8O. The summed E-state index contributed by atoms with van der Waals surface area (Å²) < 4.78 is 93.4. The van der Waals surface area contributed by atoms with E-state index in [4.69, 9.17) is 5.11 Å². The fourth-order valence-corrected chi connectivity index (χ4v) is 0.496. The molecule has 9 heteroatoms. The third kappa shape index (κ3) is 2.46. The predicted molar refractivity (Wildman–Crippen MR) is 27.9 cm³/mol. The second-order valence-corrected chi connectivity index (χ2v) is 2.34. The topological polar surface area (TPSA) is 20.2 Å². The van der Waals surface area contributed by atoms with Gasteiger partial charge < -0.3 is 5.11 Å². The van der Waals surface area contributed by atoms with E-state index in [0.717, 1.165) is 0 Å². The van der Waals surface area contributed by atoms with Crippen LogP contribution in [0.25, 0.3) is 0 Å². The first-order valence-electron chi connectivity index (χ1n) is 3.06. The first-order chi connectivity index (χ1) is 6.01. The van der Waals surface area contributed by atoms with Gasteiger partial charge >= 0.3 is 12.1 Å². The van der Waals surface area contributed by atoms with E-state index in [2.05, 4.69) is 0 Å². The molecule has 0 aliphatic rings. The number of rotatable bonds is 3. The van der Waals surface area contributed by atoms with Crippen molar-refractivity contribution in [2.75, 3.05) is 0 Å². The van der Waals surface area contributed by atoms with Gasteiger partial charge in [-0.25, -0.2) is 13.2 Å². The standard InChI is InChI=1S/C5H4F8O/c6-1(3(8)14)2(7)4(9,10)5(11,12)13/h1-3,14H. The summed E-state index contributed by atoms with van der Waals surface area (Å²) in [6.45, 7) is 0. The Morgan fingerprint density at radius 2 is 1.21 bits per heavy atom. The monoisotopic (exact) mass is 232 g/mol. The predicted octanol–water partition coefficient (Wildman–Crippen LogP) is 2.15. The van der Waals surface area contributed by atoms with Gasteiger partial charge in [-0.05, 0) is 0 Å². The molecule has 0 heterocycles. The maximum atomic E-state index is 12.1. The van der Waals surface area contributed by atoms with Crippen molar-refractivity contribution in [2.45, 2.75) is 30.8 Å².